The van der Waals surface area contributed by atoms with Gasteiger partial charge in [0, 0.05) is 4.47 Å². The monoisotopic (exact) mass is 286 g/mol. The molecule has 1 aromatic rings. The highest BCUT2D eigenvalue weighted by Gasteiger charge is 2.06. The zero-order chi connectivity index (χ0) is 7.72. The van der Waals surface area contributed by atoms with Gasteiger partial charge in [-0.1, -0.05) is 11.6 Å². The van der Waals surface area contributed by atoms with Gasteiger partial charge in [-0.05, 0) is 44.0 Å². The van der Waals surface area contributed by atoms with Crippen LogP contribution < -0.4 is 0 Å². The van der Waals surface area contributed by atoms with Gasteiger partial charge in [0.05, 0.1) is 9.50 Å². The molecular formula is C6H2Br2ClF. The van der Waals surface area contributed by atoms with E-state index in [1.807, 2.05) is 0 Å². The first-order valence-electron chi connectivity index (χ1n) is 2.42. The lowest BCUT2D eigenvalue weighted by molar-refractivity contribution is 0.620. The number of halogens is 4. The molecule has 0 atom stereocenters. The summed E-state index contributed by atoms with van der Waals surface area (Å²) in [5, 5.41) is 0.106. The second kappa shape index (κ2) is 3.20. The van der Waals surface area contributed by atoms with E-state index in [-0.39, 0.29) is 5.02 Å². The Hall–Kier alpha value is 0.400. The van der Waals surface area contributed by atoms with Crippen LogP contribution in [0.25, 0.3) is 0 Å². The van der Waals surface area contributed by atoms with Crippen molar-refractivity contribution in [2.24, 2.45) is 0 Å². The average molecular weight is 288 g/mol. The summed E-state index contributed by atoms with van der Waals surface area (Å²) >= 11 is 11.6. The van der Waals surface area contributed by atoms with E-state index in [0.717, 1.165) is 0 Å². The quantitative estimate of drug-likeness (QED) is 0.500. The topological polar surface area (TPSA) is 0 Å². The fourth-order valence-electron chi connectivity index (χ4n) is 0.502. The van der Waals surface area contributed by atoms with E-state index in [9.17, 15) is 4.39 Å². The number of rotatable bonds is 0. The molecule has 0 aromatic heterocycles. The molecular weight excluding hydrogens is 286 g/mol. The first kappa shape index (κ1) is 8.50. The third kappa shape index (κ3) is 1.52. The molecule has 4 heteroatoms. The minimum absolute atomic E-state index is 0.106. The largest absolute Gasteiger partial charge is 0.204 e. The van der Waals surface area contributed by atoms with Crippen LogP contribution in [0.3, 0.4) is 0 Å². The molecule has 0 saturated carbocycles. The highest BCUT2D eigenvalue weighted by molar-refractivity contribution is 9.11. The van der Waals surface area contributed by atoms with Gasteiger partial charge in [-0.15, -0.1) is 0 Å². The van der Waals surface area contributed by atoms with Crippen LogP contribution in [0.15, 0.2) is 21.1 Å². The zero-order valence-electron chi connectivity index (χ0n) is 4.67. The summed E-state index contributed by atoms with van der Waals surface area (Å²) in [7, 11) is 0. The molecule has 1 aromatic carbocycles. The van der Waals surface area contributed by atoms with Crippen molar-refractivity contribution in [3.05, 3.63) is 31.9 Å². The molecule has 0 aliphatic rings. The van der Waals surface area contributed by atoms with E-state index in [4.69, 9.17) is 11.6 Å². The first-order chi connectivity index (χ1) is 4.63. The van der Waals surface area contributed by atoms with Crippen LogP contribution in [-0.4, -0.2) is 0 Å². The van der Waals surface area contributed by atoms with E-state index in [1.54, 1.807) is 12.1 Å². The first-order valence-corrected chi connectivity index (χ1v) is 4.38. The van der Waals surface area contributed by atoms with Gasteiger partial charge in [0.25, 0.3) is 0 Å². The van der Waals surface area contributed by atoms with Crippen LogP contribution in [-0.2, 0) is 0 Å². The summed E-state index contributed by atoms with van der Waals surface area (Å²) in [5.41, 5.74) is 0. The summed E-state index contributed by atoms with van der Waals surface area (Å²) < 4.78 is 13.7. The van der Waals surface area contributed by atoms with Crippen molar-refractivity contribution >= 4 is 43.5 Å². The van der Waals surface area contributed by atoms with E-state index in [2.05, 4.69) is 31.9 Å². The number of hydrogen-bond donors (Lipinski definition) is 0. The van der Waals surface area contributed by atoms with Crippen LogP contribution in [0.4, 0.5) is 4.39 Å². The minimum atomic E-state index is -0.434. The van der Waals surface area contributed by atoms with E-state index in [1.165, 1.54) is 0 Å². The molecule has 0 amide bonds. The summed E-state index contributed by atoms with van der Waals surface area (Å²) in [6, 6.07) is 3.26. The highest BCUT2D eigenvalue weighted by Crippen LogP contribution is 2.29. The van der Waals surface area contributed by atoms with Crippen LogP contribution in [0.5, 0.6) is 0 Å². The summed E-state index contributed by atoms with van der Waals surface area (Å²) in [5.74, 6) is -0.434. The lowest BCUT2D eigenvalue weighted by Crippen LogP contribution is -1.79. The van der Waals surface area contributed by atoms with Gasteiger partial charge in [-0.25, -0.2) is 4.39 Å². The molecule has 0 heterocycles. The predicted molar refractivity (Wildman–Crippen MR) is 46.8 cm³/mol. The van der Waals surface area contributed by atoms with Crippen molar-refractivity contribution in [1.29, 1.82) is 0 Å². The van der Waals surface area contributed by atoms with Crippen LogP contribution in [0.2, 0.25) is 5.02 Å². The molecule has 10 heavy (non-hydrogen) atoms. The van der Waals surface area contributed by atoms with Crippen molar-refractivity contribution < 1.29 is 4.39 Å². The third-order valence-corrected chi connectivity index (χ3v) is 2.86. The molecule has 0 N–H and O–H groups in total. The average Bonchev–Trinajstić information content (AvgIpc) is 1.93. The number of benzene rings is 1. The molecule has 54 valence electrons. The van der Waals surface area contributed by atoms with Gasteiger partial charge in [0.15, 0.2) is 5.82 Å². The molecule has 0 bridgehead atoms. The van der Waals surface area contributed by atoms with E-state index >= 15 is 0 Å². The fourth-order valence-corrected chi connectivity index (χ4v) is 1.42. The van der Waals surface area contributed by atoms with Crippen molar-refractivity contribution in [1.82, 2.24) is 0 Å². The van der Waals surface area contributed by atoms with Gasteiger partial charge >= 0.3 is 0 Å². The Bertz CT molecular complexity index is 235. The Morgan fingerprint density at radius 2 is 1.70 bits per heavy atom. The van der Waals surface area contributed by atoms with Gasteiger partial charge in [0.2, 0.25) is 0 Å². The zero-order valence-corrected chi connectivity index (χ0v) is 8.59. The maximum Gasteiger partial charge on any atom is 0.157 e. The van der Waals surface area contributed by atoms with Gasteiger partial charge in [0.1, 0.15) is 0 Å². The van der Waals surface area contributed by atoms with Gasteiger partial charge in [-0.2, -0.15) is 0 Å². The molecule has 0 aliphatic carbocycles. The highest BCUT2D eigenvalue weighted by atomic mass is 79.9. The Kier molecular flexibility index (Phi) is 2.72. The molecule has 0 fully saturated rings. The number of hydrogen-bond acceptors (Lipinski definition) is 0. The van der Waals surface area contributed by atoms with Crippen molar-refractivity contribution in [3.8, 4) is 0 Å². The van der Waals surface area contributed by atoms with Crippen molar-refractivity contribution in [3.63, 3.8) is 0 Å². The Balaban J connectivity index is 3.34. The maximum atomic E-state index is 12.8. The Morgan fingerprint density at radius 1 is 1.20 bits per heavy atom. The molecule has 0 radical (unpaired) electrons. The summed E-state index contributed by atoms with van der Waals surface area (Å²) in [4.78, 5) is 0. The molecule has 1 rings (SSSR count). The Morgan fingerprint density at radius 3 is 2.20 bits per heavy atom. The third-order valence-electron chi connectivity index (χ3n) is 0.988. The molecule has 0 spiro atoms. The SMILES string of the molecule is Fc1c(Br)ccc(Br)c1Cl. The second-order valence-corrected chi connectivity index (χ2v) is 3.74. The summed E-state index contributed by atoms with van der Waals surface area (Å²) in [6.07, 6.45) is 0. The van der Waals surface area contributed by atoms with Crippen LogP contribution in [0.1, 0.15) is 0 Å². The van der Waals surface area contributed by atoms with Gasteiger partial charge < -0.3 is 0 Å². The molecule has 0 unspecified atom stereocenters. The van der Waals surface area contributed by atoms with E-state index < -0.39 is 5.82 Å². The lowest BCUT2D eigenvalue weighted by atomic mass is 10.3. The second-order valence-electron chi connectivity index (χ2n) is 1.66. The predicted octanol–water partition coefficient (Wildman–Crippen LogP) is 4.00. The minimum Gasteiger partial charge on any atom is -0.204 e. The normalized spacial score (nSPS) is 10.0. The summed E-state index contributed by atoms with van der Waals surface area (Å²) in [6.45, 7) is 0. The Labute approximate surface area is 79.6 Å². The van der Waals surface area contributed by atoms with Gasteiger partial charge in [-0.3, -0.25) is 0 Å². The van der Waals surface area contributed by atoms with Crippen LogP contribution >= 0.6 is 43.5 Å². The van der Waals surface area contributed by atoms with Crippen LogP contribution in [0, 0.1) is 5.82 Å². The molecule has 0 nitrogen and oxygen atoms in total. The fraction of sp³-hybridized carbons (Fsp3) is 0. The molecule has 0 saturated heterocycles. The maximum absolute atomic E-state index is 12.8. The molecule has 0 aliphatic heterocycles. The van der Waals surface area contributed by atoms with Crippen molar-refractivity contribution in [2.75, 3.05) is 0 Å². The van der Waals surface area contributed by atoms with Crippen molar-refractivity contribution in [2.45, 2.75) is 0 Å². The smallest absolute Gasteiger partial charge is 0.157 e. The standard InChI is InChI=1S/C6H2Br2ClF/c7-3-1-2-4(8)6(10)5(3)9/h1-2H. The lowest BCUT2D eigenvalue weighted by Gasteiger charge is -1.97. The van der Waals surface area contributed by atoms with E-state index in [0.29, 0.717) is 8.95 Å².